The molecule has 0 spiro atoms. The van der Waals surface area contributed by atoms with Gasteiger partial charge in [-0.1, -0.05) is 121 Å². The highest BCUT2D eigenvalue weighted by Crippen LogP contribution is 2.37. The zero-order chi connectivity index (χ0) is 28.8. The number of para-hydroxylation sites is 1. The molecule has 2 atom stereocenters. The second-order valence-corrected chi connectivity index (χ2v) is 11.2. The molecule has 4 N–H and O–H groups in total. The van der Waals surface area contributed by atoms with Crippen molar-refractivity contribution in [1.82, 2.24) is 10.6 Å². The Kier molecular flexibility index (Phi) is 6.38. The van der Waals surface area contributed by atoms with Crippen LogP contribution in [0.5, 0.6) is 0 Å². The van der Waals surface area contributed by atoms with E-state index < -0.39 is 0 Å². The number of nitrogens with two attached hydrogens (primary N) is 1. The van der Waals surface area contributed by atoms with Crippen LogP contribution in [0.4, 0.5) is 0 Å². The minimum Gasteiger partial charge on any atom is -0.456 e. The minimum absolute atomic E-state index is 0.251. The van der Waals surface area contributed by atoms with Gasteiger partial charge in [0.05, 0.1) is 12.3 Å². The Morgan fingerprint density at radius 1 is 0.558 bits per heavy atom. The van der Waals surface area contributed by atoms with E-state index in [0.717, 1.165) is 27.5 Å². The van der Waals surface area contributed by atoms with Crippen LogP contribution in [-0.4, -0.2) is 0 Å². The third kappa shape index (κ3) is 4.53. The second kappa shape index (κ2) is 10.7. The number of fused-ring (bicyclic) bond motifs is 7. The summed E-state index contributed by atoms with van der Waals surface area (Å²) in [6, 6.07) is 48.8. The third-order valence-corrected chi connectivity index (χ3v) is 8.59. The molecular formula is C39H31N3O. The summed E-state index contributed by atoms with van der Waals surface area (Å²) in [5.74, 6) is 0. The number of furan rings is 1. The molecule has 8 rings (SSSR count). The average molecular weight is 558 g/mol. The van der Waals surface area contributed by atoms with Crippen LogP contribution in [-0.2, 0) is 6.54 Å². The summed E-state index contributed by atoms with van der Waals surface area (Å²) in [6.45, 7) is 0.623. The topological polar surface area (TPSA) is 63.2 Å². The van der Waals surface area contributed by atoms with Gasteiger partial charge in [-0.25, -0.2) is 0 Å². The van der Waals surface area contributed by atoms with Crippen molar-refractivity contribution in [3.05, 3.63) is 156 Å². The second-order valence-electron chi connectivity index (χ2n) is 11.2. The van der Waals surface area contributed by atoms with Gasteiger partial charge in [-0.05, 0) is 67.2 Å². The first kappa shape index (κ1) is 25.7. The van der Waals surface area contributed by atoms with Gasteiger partial charge >= 0.3 is 0 Å². The lowest BCUT2D eigenvalue weighted by atomic mass is 9.91. The SMILES string of the molecule is NC(NC(NCc1cccc2oc3ccccc3c12)c1c2ccccc2cc2c1ccc1ccccc12)c1ccccc1. The Morgan fingerprint density at radius 2 is 1.26 bits per heavy atom. The van der Waals surface area contributed by atoms with E-state index in [9.17, 15) is 0 Å². The monoisotopic (exact) mass is 557 g/mol. The molecular weight excluding hydrogens is 526 g/mol. The minimum atomic E-state index is -0.376. The summed E-state index contributed by atoms with van der Waals surface area (Å²) in [5, 5.41) is 17.3. The highest BCUT2D eigenvalue weighted by Gasteiger charge is 2.22. The Morgan fingerprint density at radius 3 is 2.12 bits per heavy atom. The van der Waals surface area contributed by atoms with Crippen LogP contribution >= 0.6 is 0 Å². The number of benzene rings is 7. The maximum absolute atomic E-state index is 6.86. The van der Waals surface area contributed by atoms with Gasteiger partial charge in [-0.3, -0.25) is 10.6 Å². The third-order valence-electron chi connectivity index (χ3n) is 8.59. The molecule has 0 aliphatic carbocycles. The average Bonchev–Trinajstić information content (AvgIpc) is 3.45. The highest BCUT2D eigenvalue weighted by atomic mass is 16.3. The molecule has 4 nitrogen and oxygen atoms in total. The Labute approximate surface area is 249 Å². The fourth-order valence-electron chi connectivity index (χ4n) is 6.55. The summed E-state index contributed by atoms with van der Waals surface area (Å²) in [4.78, 5) is 0. The van der Waals surface area contributed by atoms with E-state index >= 15 is 0 Å². The molecule has 208 valence electrons. The van der Waals surface area contributed by atoms with Crippen molar-refractivity contribution in [2.24, 2.45) is 5.73 Å². The van der Waals surface area contributed by atoms with Crippen molar-refractivity contribution in [2.75, 3.05) is 0 Å². The molecule has 1 heterocycles. The molecule has 0 radical (unpaired) electrons. The Hall–Kier alpha value is -5.00. The lowest BCUT2D eigenvalue weighted by Crippen LogP contribution is -2.40. The van der Waals surface area contributed by atoms with E-state index in [1.54, 1.807) is 0 Å². The molecule has 1 aromatic heterocycles. The van der Waals surface area contributed by atoms with E-state index in [4.69, 9.17) is 10.2 Å². The van der Waals surface area contributed by atoms with Gasteiger partial charge in [0.2, 0.25) is 0 Å². The van der Waals surface area contributed by atoms with Gasteiger partial charge in [-0.2, -0.15) is 0 Å². The molecule has 0 aliphatic heterocycles. The molecule has 43 heavy (non-hydrogen) atoms. The molecule has 0 saturated heterocycles. The first-order valence-electron chi connectivity index (χ1n) is 14.8. The van der Waals surface area contributed by atoms with Gasteiger partial charge in [0, 0.05) is 17.3 Å². The first-order chi connectivity index (χ1) is 21.2. The summed E-state index contributed by atoms with van der Waals surface area (Å²) in [5.41, 5.74) is 12.1. The van der Waals surface area contributed by atoms with Crippen molar-refractivity contribution in [3.8, 4) is 0 Å². The largest absolute Gasteiger partial charge is 0.456 e. The summed E-state index contributed by atoms with van der Waals surface area (Å²) in [6.07, 6.45) is -0.628. The van der Waals surface area contributed by atoms with Crippen LogP contribution in [0.3, 0.4) is 0 Å². The van der Waals surface area contributed by atoms with E-state index in [1.807, 2.05) is 36.4 Å². The predicted molar refractivity (Wildman–Crippen MR) is 179 cm³/mol. The number of hydrogen-bond acceptors (Lipinski definition) is 4. The van der Waals surface area contributed by atoms with Crippen LogP contribution < -0.4 is 16.4 Å². The van der Waals surface area contributed by atoms with Crippen LogP contribution in [0.15, 0.2) is 144 Å². The normalized spacial score (nSPS) is 13.3. The zero-order valence-electron chi connectivity index (χ0n) is 23.6. The molecule has 0 aliphatic rings. The first-order valence-corrected chi connectivity index (χ1v) is 14.8. The van der Waals surface area contributed by atoms with E-state index in [2.05, 4.69) is 114 Å². The van der Waals surface area contributed by atoms with Crippen LogP contribution in [0.1, 0.15) is 29.0 Å². The van der Waals surface area contributed by atoms with Crippen LogP contribution in [0.25, 0.3) is 54.3 Å². The standard InChI is InChI=1S/C39H31N3O/c40-38(26-12-2-1-3-13-26)42-39(41-24-28-15-10-20-35-36(28)32-18-8-9-19-34(32)43-35)37-30-17-7-5-14-27(30)23-33-29-16-6-4-11-25(29)21-22-31(33)37/h1-23,38-39,41-42H,24,40H2. The highest BCUT2D eigenvalue weighted by molar-refractivity contribution is 6.14. The van der Waals surface area contributed by atoms with E-state index in [1.165, 1.54) is 43.4 Å². The zero-order valence-corrected chi connectivity index (χ0v) is 23.6. The maximum Gasteiger partial charge on any atom is 0.135 e. The van der Waals surface area contributed by atoms with Gasteiger partial charge in [0.15, 0.2) is 0 Å². The Balaban J connectivity index is 1.30. The number of hydrogen-bond donors (Lipinski definition) is 3. The quantitative estimate of drug-likeness (QED) is 0.104. The molecule has 0 saturated carbocycles. The lowest BCUT2D eigenvalue weighted by molar-refractivity contribution is 0.390. The Bertz CT molecular complexity index is 2250. The number of nitrogens with one attached hydrogen (secondary N) is 2. The fraction of sp³-hybridized carbons (Fsp3) is 0.0769. The van der Waals surface area contributed by atoms with Crippen LogP contribution in [0.2, 0.25) is 0 Å². The molecule has 4 heteroatoms. The molecule has 0 bridgehead atoms. The number of rotatable bonds is 7. The molecule has 0 fully saturated rings. The smallest absolute Gasteiger partial charge is 0.135 e. The van der Waals surface area contributed by atoms with Crippen molar-refractivity contribution in [2.45, 2.75) is 18.9 Å². The van der Waals surface area contributed by atoms with Crippen molar-refractivity contribution in [1.29, 1.82) is 0 Å². The predicted octanol–water partition coefficient (Wildman–Crippen LogP) is 9.08. The van der Waals surface area contributed by atoms with Crippen molar-refractivity contribution < 1.29 is 4.42 Å². The van der Waals surface area contributed by atoms with Gasteiger partial charge in [0.1, 0.15) is 11.2 Å². The maximum atomic E-state index is 6.86. The fourth-order valence-corrected chi connectivity index (χ4v) is 6.55. The molecule has 0 amide bonds. The van der Waals surface area contributed by atoms with Gasteiger partial charge in [0.25, 0.3) is 0 Å². The van der Waals surface area contributed by atoms with Crippen LogP contribution in [0, 0.1) is 0 Å². The van der Waals surface area contributed by atoms with Crippen molar-refractivity contribution in [3.63, 3.8) is 0 Å². The summed E-state index contributed by atoms with van der Waals surface area (Å²) < 4.78 is 6.20. The van der Waals surface area contributed by atoms with E-state index in [0.29, 0.717) is 6.54 Å². The molecule has 2 unspecified atom stereocenters. The van der Waals surface area contributed by atoms with E-state index in [-0.39, 0.29) is 12.3 Å². The molecule has 7 aromatic carbocycles. The van der Waals surface area contributed by atoms with Gasteiger partial charge < -0.3 is 10.2 Å². The van der Waals surface area contributed by atoms with Crippen molar-refractivity contribution >= 4 is 54.3 Å². The summed E-state index contributed by atoms with van der Waals surface area (Å²) >= 11 is 0. The van der Waals surface area contributed by atoms with Gasteiger partial charge in [-0.15, -0.1) is 0 Å². The molecule has 8 aromatic rings. The lowest BCUT2D eigenvalue weighted by Gasteiger charge is -2.28. The summed E-state index contributed by atoms with van der Waals surface area (Å²) in [7, 11) is 0.